The maximum Gasteiger partial charge on any atom is 0.342 e. The minimum absolute atomic E-state index is 0.0742. The fraction of sp³-hybridized carbons (Fsp3) is 0.0588. The lowest BCUT2D eigenvalue weighted by atomic mass is 10.0. The molecule has 0 spiro atoms. The topological polar surface area (TPSA) is 103 Å². The average molecular weight is 321 g/mol. The van der Waals surface area contributed by atoms with Gasteiger partial charge in [-0.3, -0.25) is 15.2 Å². The minimum atomic E-state index is -0.664. The largest absolute Gasteiger partial charge is 0.342 e. The van der Waals surface area contributed by atoms with Crippen molar-refractivity contribution in [3.63, 3.8) is 0 Å². The van der Waals surface area contributed by atoms with Crippen LogP contribution in [0.4, 0.5) is 5.82 Å². The molecule has 0 amide bonds. The molecule has 1 heterocycles. The number of aromatic nitrogens is 3. The fourth-order valence-electron chi connectivity index (χ4n) is 2.16. The van der Waals surface area contributed by atoms with E-state index in [0.717, 1.165) is 16.7 Å². The van der Waals surface area contributed by atoms with Crippen LogP contribution in [0.1, 0.15) is 12.5 Å². The van der Waals surface area contributed by atoms with E-state index in [2.05, 4.69) is 25.7 Å². The van der Waals surface area contributed by atoms with E-state index in [9.17, 15) is 9.59 Å². The number of anilines is 1. The van der Waals surface area contributed by atoms with Gasteiger partial charge in [0.15, 0.2) is 0 Å². The van der Waals surface area contributed by atoms with Crippen LogP contribution in [0.2, 0.25) is 0 Å². The van der Waals surface area contributed by atoms with Gasteiger partial charge in [0.1, 0.15) is 0 Å². The van der Waals surface area contributed by atoms with Gasteiger partial charge in [0, 0.05) is 0 Å². The zero-order valence-corrected chi connectivity index (χ0v) is 12.9. The van der Waals surface area contributed by atoms with Crippen LogP contribution in [0.5, 0.6) is 0 Å². The van der Waals surface area contributed by atoms with Crippen LogP contribution in [-0.4, -0.2) is 20.9 Å². The summed E-state index contributed by atoms with van der Waals surface area (Å²) in [5.74, 6) is -0.0742. The van der Waals surface area contributed by atoms with Crippen molar-refractivity contribution in [3.8, 4) is 11.1 Å². The van der Waals surface area contributed by atoms with Crippen molar-refractivity contribution >= 4 is 11.5 Å². The standard InChI is InChI=1S/C17H15N5O2/c1-11(19-20-15-16(23)18-17(24)22-21-15)12-7-9-14(10-8-12)13-5-3-2-4-6-13/h2-10H,1H3,(H,20,21)(H2,18,22,23,24). The summed E-state index contributed by atoms with van der Waals surface area (Å²) in [4.78, 5) is 24.5. The zero-order chi connectivity index (χ0) is 16.9. The molecule has 0 bridgehead atoms. The van der Waals surface area contributed by atoms with Gasteiger partial charge in [0.2, 0.25) is 5.82 Å². The molecular formula is C17H15N5O2. The normalized spacial score (nSPS) is 11.3. The van der Waals surface area contributed by atoms with E-state index in [-0.39, 0.29) is 5.82 Å². The zero-order valence-electron chi connectivity index (χ0n) is 12.9. The summed E-state index contributed by atoms with van der Waals surface area (Å²) in [6, 6.07) is 18.0. The molecule has 0 fully saturated rings. The first-order valence-electron chi connectivity index (χ1n) is 7.28. The third-order valence-corrected chi connectivity index (χ3v) is 3.45. The molecule has 0 unspecified atom stereocenters. The highest BCUT2D eigenvalue weighted by Gasteiger charge is 2.03. The van der Waals surface area contributed by atoms with Crippen LogP contribution >= 0.6 is 0 Å². The minimum Gasteiger partial charge on any atom is -0.270 e. The highest BCUT2D eigenvalue weighted by molar-refractivity contribution is 5.99. The first-order valence-corrected chi connectivity index (χ1v) is 7.28. The summed E-state index contributed by atoms with van der Waals surface area (Å²) in [5, 5.41) is 9.85. The van der Waals surface area contributed by atoms with E-state index in [4.69, 9.17) is 0 Å². The lowest BCUT2D eigenvalue weighted by Crippen LogP contribution is -2.26. The molecule has 7 heteroatoms. The van der Waals surface area contributed by atoms with Gasteiger partial charge < -0.3 is 0 Å². The lowest BCUT2D eigenvalue weighted by Gasteiger charge is -2.05. The molecule has 0 radical (unpaired) electrons. The maximum absolute atomic E-state index is 11.5. The van der Waals surface area contributed by atoms with Crippen molar-refractivity contribution in [2.45, 2.75) is 6.92 Å². The maximum atomic E-state index is 11.5. The van der Waals surface area contributed by atoms with Gasteiger partial charge in [0.25, 0.3) is 5.56 Å². The molecule has 1 aromatic heterocycles. The van der Waals surface area contributed by atoms with Crippen LogP contribution in [-0.2, 0) is 0 Å². The van der Waals surface area contributed by atoms with Crippen molar-refractivity contribution in [2.75, 3.05) is 5.43 Å². The average Bonchev–Trinajstić information content (AvgIpc) is 2.62. The summed E-state index contributed by atoms with van der Waals surface area (Å²) in [6.45, 7) is 1.81. The van der Waals surface area contributed by atoms with Gasteiger partial charge in [-0.05, 0) is 23.6 Å². The number of hydrazone groups is 1. The van der Waals surface area contributed by atoms with E-state index >= 15 is 0 Å². The Morgan fingerprint density at radius 3 is 2.33 bits per heavy atom. The highest BCUT2D eigenvalue weighted by atomic mass is 16.2. The summed E-state index contributed by atoms with van der Waals surface area (Å²) in [5.41, 5.74) is 5.09. The van der Waals surface area contributed by atoms with E-state index in [1.807, 2.05) is 61.5 Å². The van der Waals surface area contributed by atoms with Crippen molar-refractivity contribution in [1.82, 2.24) is 15.2 Å². The van der Waals surface area contributed by atoms with Gasteiger partial charge in [-0.2, -0.15) is 5.10 Å². The number of rotatable bonds is 4. The first kappa shape index (κ1) is 15.4. The number of hydrogen-bond donors (Lipinski definition) is 3. The Balaban J connectivity index is 1.78. The molecule has 24 heavy (non-hydrogen) atoms. The molecule has 2 aromatic carbocycles. The Morgan fingerprint density at radius 2 is 1.67 bits per heavy atom. The summed E-state index contributed by atoms with van der Waals surface area (Å²) >= 11 is 0. The molecule has 7 nitrogen and oxygen atoms in total. The molecule has 0 saturated carbocycles. The lowest BCUT2D eigenvalue weighted by molar-refractivity contribution is 0.889. The summed E-state index contributed by atoms with van der Waals surface area (Å²) < 4.78 is 0. The fourth-order valence-corrected chi connectivity index (χ4v) is 2.16. The Bertz CT molecular complexity index is 972. The van der Waals surface area contributed by atoms with Gasteiger partial charge in [0.05, 0.1) is 5.71 Å². The molecule has 3 rings (SSSR count). The number of H-pyrrole nitrogens is 2. The molecule has 0 aliphatic carbocycles. The van der Waals surface area contributed by atoms with E-state index in [1.165, 1.54) is 0 Å². The Hall–Kier alpha value is -3.48. The molecule has 0 aliphatic heterocycles. The molecule has 3 N–H and O–H groups in total. The number of nitrogens with one attached hydrogen (secondary N) is 3. The number of benzene rings is 2. The van der Waals surface area contributed by atoms with E-state index < -0.39 is 11.2 Å². The molecule has 0 aliphatic rings. The molecule has 0 atom stereocenters. The second kappa shape index (κ2) is 6.74. The number of nitrogens with zero attached hydrogens (tertiary/aromatic N) is 2. The summed E-state index contributed by atoms with van der Waals surface area (Å²) in [6.07, 6.45) is 0. The van der Waals surface area contributed by atoms with Crippen LogP contribution < -0.4 is 16.7 Å². The Morgan fingerprint density at radius 1 is 1.00 bits per heavy atom. The molecule has 0 saturated heterocycles. The Labute approximate surface area is 137 Å². The number of aromatic amines is 2. The van der Waals surface area contributed by atoms with Crippen molar-refractivity contribution in [1.29, 1.82) is 0 Å². The monoisotopic (exact) mass is 321 g/mol. The van der Waals surface area contributed by atoms with Gasteiger partial charge in [-0.25, -0.2) is 9.89 Å². The van der Waals surface area contributed by atoms with Crippen molar-refractivity contribution in [2.24, 2.45) is 5.10 Å². The quantitative estimate of drug-likeness (QED) is 0.505. The van der Waals surface area contributed by atoms with Crippen LogP contribution in [0.3, 0.4) is 0 Å². The molecular weight excluding hydrogens is 306 g/mol. The Kier molecular flexibility index (Phi) is 4.33. The summed E-state index contributed by atoms with van der Waals surface area (Å²) in [7, 11) is 0. The predicted molar refractivity (Wildman–Crippen MR) is 93.2 cm³/mol. The van der Waals surface area contributed by atoms with Crippen molar-refractivity contribution < 1.29 is 0 Å². The SMILES string of the molecule is CC(=NNc1n[nH]c(=O)[nH]c1=O)c1ccc(-c2ccccc2)cc1. The van der Waals surface area contributed by atoms with E-state index in [1.54, 1.807) is 0 Å². The predicted octanol–water partition coefficient (Wildman–Crippen LogP) is 1.96. The van der Waals surface area contributed by atoms with Crippen LogP contribution in [0.25, 0.3) is 11.1 Å². The van der Waals surface area contributed by atoms with Gasteiger partial charge in [-0.15, -0.1) is 5.10 Å². The second-order valence-corrected chi connectivity index (χ2v) is 5.11. The first-order chi connectivity index (χ1) is 11.6. The van der Waals surface area contributed by atoms with Crippen LogP contribution in [0, 0.1) is 0 Å². The van der Waals surface area contributed by atoms with Crippen molar-refractivity contribution in [3.05, 3.63) is 81.0 Å². The van der Waals surface area contributed by atoms with E-state index in [0.29, 0.717) is 5.71 Å². The smallest absolute Gasteiger partial charge is 0.270 e. The third-order valence-electron chi connectivity index (χ3n) is 3.45. The van der Waals surface area contributed by atoms with Crippen LogP contribution in [0.15, 0.2) is 69.3 Å². The van der Waals surface area contributed by atoms with Gasteiger partial charge in [-0.1, -0.05) is 54.6 Å². The third kappa shape index (κ3) is 3.46. The number of hydrogen-bond acceptors (Lipinski definition) is 5. The molecule has 3 aromatic rings. The highest BCUT2D eigenvalue weighted by Crippen LogP contribution is 2.19. The molecule has 120 valence electrons. The second-order valence-electron chi connectivity index (χ2n) is 5.11. The van der Waals surface area contributed by atoms with Gasteiger partial charge >= 0.3 is 5.69 Å².